The van der Waals surface area contributed by atoms with Gasteiger partial charge in [0.25, 0.3) is 0 Å². The minimum atomic E-state index is -0.553. The van der Waals surface area contributed by atoms with Crippen LogP contribution in [0.25, 0.3) is 0 Å². The van der Waals surface area contributed by atoms with Gasteiger partial charge in [-0.25, -0.2) is 0 Å². The molecule has 2 rings (SSSR count). The van der Waals surface area contributed by atoms with E-state index in [9.17, 15) is 5.11 Å². The number of anilines is 1. The van der Waals surface area contributed by atoms with Crippen molar-refractivity contribution in [2.45, 2.75) is 11.0 Å². The summed E-state index contributed by atoms with van der Waals surface area (Å²) in [4.78, 5) is 1.05. The van der Waals surface area contributed by atoms with Crippen LogP contribution in [0.5, 0.6) is 11.5 Å². The smallest absolute Gasteiger partial charge is 0.121 e. The van der Waals surface area contributed by atoms with Gasteiger partial charge in [0.2, 0.25) is 0 Å². The Morgan fingerprint density at radius 3 is 2.67 bits per heavy atom. The first kappa shape index (κ1) is 15.5. The van der Waals surface area contributed by atoms with E-state index in [4.69, 9.17) is 15.2 Å². The SMILES string of the molecule is COc1cccc(SCC(O)COc2cccc(N)c2)c1. The van der Waals surface area contributed by atoms with Gasteiger partial charge in [-0.05, 0) is 30.3 Å². The van der Waals surface area contributed by atoms with E-state index in [2.05, 4.69) is 0 Å². The van der Waals surface area contributed by atoms with Gasteiger partial charge in [-0.1, -0.05) is 12.1 Å². The molecule has 0 radical (unpaired) electrons. The summed E-state index contributed by atoms with van der Waals surface area (Å²) < 4.78 is 10.7. The highest BCUT2D eigenvalue weighted by molar-refractivity contribution is 7.99. The van der Waals surface area contributed by atoms with Crippen LogP contribution in [0.15, 0.2) is 53.4 Å². The highest BCUT2D eigenvalue weighted by Gasteiger charge is 2.07. The largest absolute Gasteiger partial charge is 0.497 e. The number of nitrogen functional groups attached to an aromatic ring is 1. The number of rotatable bonds is 7. The molecule has 0 aliphatic heterocycles. The molecule has 0 aromatic heterocycles. The Morgan fingerprint density at radius 2 is 1.90 bits per heavy atom. The molecule has 0 bridgehead atoms. The minimum absolute atomic E-state index is 0.237. The molecule has 0 aliphatic rings. The van der Waals surface area contributed by atoms with E-state index in [1.807, 2.05) is 36.4 Å². The molecule has 0 fully saturated rings. The highest BCUT2D eigenvalue weighted by Crippen LogP contribution is 2.23. The van der Waals surface area contributed by atoms with Gasteiger partial charge >= 0.3 is 0 Å². The van der Waals surface area contributed by atoms with E-state index in [1.54, 1.807) is 31.0 Å². The van der Waals surface area contributed by atoms with Gasteiger partial charge in [-0.3, -0.25) is 0 Å². The zero-order valence-corrected chi connectivity index (χ0v) is 12.7. The van der Waals surface area contributed by atoms with E-state index in [-0.39, 0.29) is 6.61 Å². The number of methoxy groups -OCH3 is 1. The third kappa shape index (κ3) is 5.21. The fourth-order valence-corrected chi connectivity index (χ4v) is 2.58. The lowest BCUT2D eigenvalue weighted by Crippen LogP contribution is -2.20. The topological polar surface area (TPSA) is 64.7 Å². The molecular formula is C16H19NO3S. The van der Waals surface area contributed by atoms with Crippen molar-refractivity contribution in [1.82, 2.24) is 0 Å². The van der Waals surface area contributed by atoms with Crippen molar-refractivity contribution in [3.8, 4) is 11.5 Å². The van der Waals surface area contributed by atoms with Crippen LogP contribution >= 0.6 is 11.8 Å². The van der Waals surface area contributed by atoms with E-state index < -0.39 is 6.10 Å². The molecule has 3 N–H and O–H groups in total. The van der Waals surface area contributed by atoms with Gasteiger partial charge in [-0.15, -0.1) is 11.8 Å². The first-order valence-corrected chi connectivity index (χ1v) is 7.59. The Labute approximate surface area is 128 Å². The van der Waals surface area contributed by atoms with Crippen molar-refractivity contribution in [1.29, 1.82) is 0 Å². The second-order valence-corrected chi connectivity index (χ2v) is 5.62. The predicted octanol–water partition coefficient (Wildman–Crippen LogP) is 2.81. The van der Waals surface area contributed by atoms with E-state index in [1.165, 1.54) is 0 Å². The molecule has 112 valence electrons. The van der Waals surface area contributed by atoms with E-state index in [0.29, 0.717) is 17.2 Å². The van der Waals surface area contributed by atoms with Gasteiger partial charge in [0.1, 0.15) is 18.1 Å². The van der Waals surface area contributed by atoms with Crippen molar-refractivity contribution in [2.24, 2.45) is 0 Å². The Morgan fingerprint density at radius 1 is 1.14 bits per heavy atom. The standard InChI is InChI=1S/C16H19NO3S/c1-19-14-5-3-7-16(9-14)21-11-13(18)10-20-15-6-2-4-12(17)8-15/h2-9,13,18H,10-11,17H2,1H3. The van der Waals surface area contributed by atoms with Crippen LogP contribution in [0, 0.1) is 0 Å². The van der Waals surface area contributed by atoms with Crippen LogP contribution in [0.4, 0.5) is 5.69 Å². The van der Waals surface area contributed by atoms with Gasteiger partial charge in [0.15, 0.2) is 0 Å². The minimum Gasteiger partial charge on any atom is -0.497 e. The molecule has 21 heavy (non-hydrogen) atoms. The van der Waals surface area contributed by atoms with Crippen molar-refractivity contribution in [2.75, 3.05) is 25.2 Å². The zero-order chi connectivity index (χ0) is 15.1. The summed E-state index contributed by atoms with van der Waals surface area (Å²) in [7, 11) is 1.64. The van der Waals surface area contributed by atoms with Crippen molar-refractivity contribution < 1.29 is 14.6 Å². The summed E-state index contributed by atoms with van der Waals surface area (Å²) in [5.41, 5.74) is 6.31. The van der Waals surface area contributed by atoms with Crippen molar-refractivity contribution >= 4 is 17.4 Å². The third-order valence-electron chi connectivity index (χ3n) is 2.78. The molecule has 0 heterocycles. The summed E-state index contributed by atoms with van der Waals surface area (Å²) in [6.07, 6.45) is -0.553. The molecule has 0 saturated heterocycles. The summed E-state index contributed by atoms with van der Waals surface area (Å²) in [5, 5.41) is 9.96. The lowest BCUT2D eigenvalue weighted by molar-refractivity contribution is 0.126. The molecule has 1 atom stereocenters. The lowest BCUT2D eigenvalue weighted by atomic mass is 10.3. The number of nitrogens with two attached hydrogens (primary N) is 1. The summed E-state index contributed by atoms with van der Waals surface area (Å²) in [6.45, 7) is 0.237. The first-order valence-electron chi connectivity index (χ1n) is 6.60. The molecule has 2 aromatic carbocycles. The van der Waals surface area contributed by atoms with Crippen LogP contribution in [-0.2, 0) is 0 Å². The Hall–Kier alpha value is -1.85. The number of aliphatic hydroxyl groups excluding tert-OH is 1. The van der Waals surface area contributed by atoms with Gasteiger partial charge < -0.3 is 20.3 Å². The van der Waals surface area contributed by atoms with E-state index in [0.717, 1.165) is 10.6 Å². The zero-order valence-electron chi connectivity index (χ0n) is 11.9. The van der Waals surface area contributed by atoms with Crippen LogP contribution in [0.1, 0.15) is 0 Å². The van der Waals surface area contributed by atoms with Crippen molar-refractivity contribution in [3.05, 3.63) is 48.5 Å². The second kappa shape index (κ2) is 7.81. The van der Waals surface area contributed by atoms with Gasteiger partial charge in [0.05, 0.1) is 13.2 Å². The maximum atomic E-state index is 9.96. The highest BCUT2D eigenvalue weighted by atomic mass is 32.2. The lowest BCUT2D eigenvalue weighted by Gasteiger charge is -2.12. The fraction of sp³-hybridized carbons (Fsp3) is 0.250. The Bertz CT molecular complexity index is 577. The number of benzene rings is 2. The summed E-state index contributed by atoms with van der Waals surface area (Å²) >= 11 is 1.56. The maximum Gasteiger partial charge on any atom is 0.121 e. The van der Waals surface area contributed by atoms with E-state index >= 15 is 0 Å². The number of ether oxygens (including phenoxy) is 2. The van der Waals surface area contributed by atoms with Crippen molar-refractivity contribution in [3.63, 3.8) is 0 Å². The van der Waals surface area contributed by atoms with Crippen LogP contribution < -0.4 is 15.2 Å². The molecule has 5 heteroatoms. The molecule has 1 unspecified atom stereocenters. The number of hydrogen-bond acceptors (Lipinski definition) is 5. The third-order valence-corrected chi connectivity index (χ3v) is 3.92. The Kier molecular flexibility index (Phi) is 5.78. The molecule has 4 nitrogen and oxygen atoms in total. The summed E-state index contributed by atoms with van der Waals surface area (Å²) in [5.74, 6) is 2.03. The van der Waals surface area contributed by atoms with Crippen LogP contribution in [0.3, 0.4) is 0 Å². The van der Waals surface area contributed by atoms with Gasteiger partial charge in [-0.2, -0.15) is 0 Å². The predicted molar refractivity (Wildman–Crippen MR) is 86.1 cm³/mol. The normalized spacial score (nSPS) is 11.9. The fourth-order valence-electron chi connectivity index (χ4n) is 1.73. The Balaban J connectivity index is 1.78. The number of hydrogen-bond donors (Lipinski definition) is 2. The molecule has 2 aromatic rings. The molecule has 0 amide bonds. The number of thioether (sulfide) groups is 1. The average Bonchev–Trinajstić information content (AvgIpc) is 2.51. The van der Waals surface area contributed by atoms with Crippen LogP contribution in [0.2, 0.25) is 0 Å². The monoisotopic (exact) mass is 305 g/mol. The number of aliphatic hydroxyl groups is 1. The quantitative estimate of drug-likeness (QED) is 0.608. The summed E-state index contributed by atoms with van der Waals surface area (Å²) in [6, 6.07) is 14.9. The molecule has 0 spiro atoms. The second-order valence-electron chi connectivity index (χ2n) is 4.53. The molecule has 0 aliphatic carbocycles. The molecular weight excluding hydrogens is 286 g/mol. The first-order chi connectivity index (χ1) is 10.2. The maximum absolute atomic E-state index is 9.96. The van der Waals surface area contributed by atoms with Crippen LogP contribution in [-0.4, -0.2) is 30.7 Å². The molecule has 0 saturated carbocycles. The van der Waals surface area contributed by atoms with Gasteiger partial charge in [0, 0.05) is 22.4 Å². The average molecular weight is 305 g/mol.